The highest BCUT2D eigenvalue weighted by molar-refractivity contribution is 5.47. The predicted molar refractivity (Wildman–Crippen MR) is 84.1 cm³/mol. The molecule has 0 amide bonds. The van der Waals surface area contributed by atoms with E-state index in [0.717, 1.165) is 37.8 Å². The second-order valence-electron chi connectivity index (χ2n) is 6.81. The summed E-state index contributed by atoms with van der Waals surface area (Å²) >= 11 is 0. The van der Waals surface area contributed by atoms with Crippen molar-refractivity contribution in [3.05, 3.63) is 11.9 Å². The molecule has 0 saturated carbocycles. The minimum absolute atomic E-state index is 0.236. The second kappa shape index (κ2) is 5.56. The summed E-state index contributed by atoms with van der Waals surface area (Å²) in [5.41, 5.74) is 6.15. The maximum absolute atomic E-state index is 5.91. The summed E-state index contributed by atoms with van der Waals surface area (Å²) in [6, 6.07) is 1.89. The van der Waals surface area contributed by atoms with Gasteiger partial charge in [0.1, 0.15) is 17.5 Å². The van der Waals surface area contributed by atoms with Crippen LogP contribution in [0, 0.1) is 0 Å². The molecule has 1 saturated heterocycles. The molecule has 1 aliphatic rings. The molecule has 0 spiro atoms. The molecule has 2 heterocycles. The molecular weight excluding hydrogens is 250 g/mol. The summed E-state index contributed by atoms with van der Waals surface area (Å²) in [7, 11) is 0. The molecule has 2 rings (SSSR count). The molecular formula is C15H27N5. The zero-order valence-electron chi connectivity index (χ0n) is 13.3. The van der Waals surface area contributed by atoms with Crippen molar-refractivity contribution in [3.63, 3.8) is 0 Å². The smallest absolute Gasteiger partial charge is 0.135 e. The van der Waals surface area contributed by atoms with Crippen LogP contribution in [0.5, 0.6) is 0 Å². The van der Waals surface area contributed by atoms with Crippen molar-refractivity contribution in [2.75, 3.05) is 36.8 Å². The van der Waals surface area contributed by atoms with E-state index in [2.05, 4.69) is 54.4 Å². The molecule has 0 aromatic carbocycles. The second-order valence-corrected chi connectivity index (χ2v) is 6.81. The van der Waals surface area contributed by atoms with Crippen molar-refractivity contribution in [3.8, 4) is 0 Å². The fourth-order valence-corrected chi connectivity index (χ4v) is 2.50. The maximum Gasteiger partial charge on any atom is 0.135 e. The number of rotatable bonds is 2. The van der Waals surface area contributed by atoms with Crippen LogP contribution in [0.25, 0.3) is 0 Å². The van der Waals surface area contributed by atoms with E-state index in [1.807, 2.05) is 6.07 Å². The highest BCUT2D eigenvalue weighted by Crippen LogP contribution is 2.22. The number of hydrogen-bond acceptors (Lipinski definition) is 5. The zero-order valence-corrected chi connectivity index (χ0v) is 13.3. The third-order valence-electron chi connectivity index (χ3n) is 3.82. The SMILES string of the molecule is CC(C)c1nc(N)cc(N2CCN(C(C)(C)C)CC2)n1. The lowest BCUT2D eigenvalue weighted by atomic mass is 10.1. The molecule has 112 valence electrons. The normalized spacial score (nSPS) is 17.8. The van der Waals surface area contributed by atoms with E-state index < -0.39 is 0 Å². The Morgan fingerprint density at radius 1 is 1.10 bits per heavy atom. The average Bonchev–Trinajstić information content (AvgIpc) is 2.37. The van der Waals surface area contributed by atoms with Crippen LogP contribution in [-0.4, -0.2) is 46.6 Å². The van der Waals surface area contributed by atoms with Gasteiger partial charge in [0.05, 0.1) is 0 Å². The minimum Gasteiger partial charge on any atom is -0.384 e. The van der Waals surface area contributed by atoms with Gasteiger partial charge in [-0.3, -0.25) is 4.90 Å². The van der Waals surface area contributed by atoms with Gasteiger partial charge in [0.25, 0.3) is 0 Å². The van der Waals surface area contributed by atoms with Gasteiger partial charge in [0.15, 0.2) is 0 Å². The number of piperazine rings is 1. The van der Waals surface area contributed by atoms with E-state index in [1.54, 1.807) is 0 Å². The highest BCUT2D eigenvalue weighted by Gasteiger charge is 2.26. The molecule has 5 nitrogen and oxygen atoms in total. The minimum atomic E-state index is 0.236. The Balaban J connectivity index is 2.11. The molecule has 0 radical (unpaired) electrons. The fourth-order valence-electron chi connectivity index (χ4n) is 2.50. The molecule has 1 aromatic rings. The van der Waals surface area contributed by atoms with Crippen molar-refractivity contribution in [1.82, 2.24) is 14.9 Å². The van der Waals surface area contributed by atoms with Crippen LogP contribution < -0.4 is 10.6 Å². The van der Waals surface area contributed by atoms with Gasteiger partial charge in [0, 0.05) is 43.7 Å². The van der Waals surface area contributed by atoms with E-state index in [4.69, 9.17) is 5.73 Å². The van der Waals surface area contributed by atoms with E-state index in [9.17, 15) is 0 Å². The van der Waals surface area contributed by atoms with Crippen LogP contribution in [0.4, 0.5) is 11.6 Å². The molecule has 0 unspecified atom stereocenters. The first-order valence-corrected chi connectivity index (χ1v) is 7.42. The fraction of sp³-hybridized carbons (Fsp3) is 0.733. The van der Waals surface area contributed by atoms with Gasteiger partial charge < -0.3 is 10.6 Å². The summed E-state index contributed by atoms with van der Waals surface area (Å²) < 4.78 is 0. The van der Waals surface area contributed by atoms with E-state index in [-0.39, 0.29) is 5.54 Å². The van der Waals surface area contributed by atoms with Crippen LogP contribution in [-0.2, 0) is 0 Å². The third kappa shape index (κ3) is 3.39. The standard InChI is InChI=1S/C15H27N5/c1-11(2)14-17-12(16)10-13(18-14)19-6-8-20(9-7-19)15(3,4)5/h10-11H,6-9H2,1-5H3,(H2,16,17,18). The van der Waals surface area contributed by atoms with Gasteiger partial charge in [-0.15, -0.1) is 0 Å². The quantitative estimate of drug-likeness (QED) is 0.897. The Morgan fingerprint density at radius 3 is 2.20 bits per heavy atom. The number of anilines is 2. The Hall–Kier alpha value is -1.36. The van der Waals surface area contributed by atoms with E-state index in [1.165, 1.54) is 0 Å². The van der Waals surface area contributed by atoms with Crippen LogP contribution in [0.15, 0.2) is 6.07 Å². The van der Waals surface area contributed by atoms with Gasteiger partial charge in [-0.25, -0.2) is 9.97 Å². The molecule has 20 heavy (non-hydrogen) atoms. The van der Waals surface area contributed by atoms with Crippen molar-refractivity contribution in [2.24, 2.45) is 0 Å². The Kier molecular flexibility index (Phi) is 4.18. The topological polar surface area (TPSA) is 58.3 Å². The Morgan fingerprint density at radius 2 is 1.70 bits per heavy atom. The molecule has 5 heteroatoms. The summed E-state index contributed by atoms with van der Waals surface area (Å²) in [6.07, 6.45) is 0. The van der Waals surface area contributed by atoms with Crippen molar-refractivity contribution in [2.45, 2.75) is 46.1 Å². The lowest BCUT2D eigenvalue weighted by molar-refractivity contribution is 0.128. The Bertz CT molecular complexity index is 456. The van der Waals surface area contributed by atoms with Crippen LogP contribution >= 0.6 is 0 Å². The first-order chi connectivity index (χ1) is 9.27. The Labute approximate surface area is 122 Å². The van der Waals surface area contributed by atoms with Gasteiger partial charge in [-0.05, 0) is 20.8 Å². The number of nitrogen functional groups attached to an aromatic ring is 1. The maximum atomic E-state index is 5.91. The van der Waals surface area contributed by atoms with Crippen molar-refractivity contribution in [1.29, 1.82) is 0 Å². The molecule has 2 N–H and O–H groups in total. The van der Waals surface area contributed by atoms with Crippen LogP contribution in [0.3, 0.4) is 0 Å². The van der Waals surface area contributed by atoms with E-state index in [0.29, 0.717) is 11.7 Å². The molecule has 0 bridgehead atoms. The first-order valence-electron chi connectivity index (χ1n) is 7.42. The lowest BCUT2D eigenvalue weighted by Crippen LogP contribution is -2.53. The molecule has 1 aliphatic heterocycles. The van der Waals surface area contributed by atoms with Gasteiger partial charge in [-0.1, -0.05) is 13.8 Å². The van der Waals surface area contributed by atoms with E-state index >= 15 is 0 Å². The summed E-state index contributed by atoms with van der Waals surface area (Å²) in [5.74, 6) is 2.66. The number of nitrogens with two attached hydrogens (primary N) is 1. The van der Waals surface area contributed by atoms with Crippen LogP contribution in [0.1, 0.15) is 46.4 Å². The molecule has 1 fully saturated rings. The molecule has 1 aromatic heterocycles. The highest BCUT2D eigenvalue weighted by atomic mass is 15.3. The summed E-state index contributed by atoms with van der Waals surface area (Å²) in [4.78, 5) is 13.8. The van der Waals surface area contributed by atoms with Crippen molar-refractivity contribution >= 4 is 11.6 Å². The monoisotopic (exact) mass is 277 g/mol. The van der Waals surface area contributed by atoms with Crippen LogP contribution in [0.2, 0.25) is 0 Å². The lowest BCUT2D eigenvalue weighted by Gasteiger charge is -2.42. The van der Waals surface area contributed by atoms with Gasteiger partial charge in [-0.2, -0.15) is 0 Å². The number of hydrogen-bond donors (Lipinski definition) is 1. The van der Waals surface area contributed by atoms with Gasteiger partial charge >= 0.3 is 0 Å². The molecule has 0 aliphatic carbocycles. The zero-order chi connectivity index (χ0) is 14.9. The van der Waals surface area contributed by atoms with Crippen molar-refractivity contribution < 1.29 is 0 Å². The molecule has 0 atom stereocenters. The number of nitrogens with zero attached hydrogens (tertiary/aromatic N) is 4. The average molecular weight is 277 g/mol. The van der Waals surface area contributed by atoms with Gasteiger partial charge in [0.2, 0.25) is 0 Å². The largest absolute Gasteiger partial charge is 0.384 e. The number of aromatic nitrogens is 2. The third-order valence-corrected chi connectivity index (χ3v) is 3.82. The predicted octanol–water partition coefficient (Wildman–Crippen LogP) is 2.10. The summed E-state index contributed by atoms with van der Waals surface area (Å²) in [6.45, 7) is 15.1. The summed E-state index contributed by atoms with van der Waals surface area (Å²) in [5, 5.41) is 0. The first kappa shape index (κ1) is 15.0.